The molecule has 2 aromatic heterocycles. The number of pyridine rings is 2. The first-order chi connectivity index (χ1) is 21.6. The van der Waals surface area contributed by atoms with Gasteiger partial charge in [-0.25, -0.2) is 9.78 Å². The smallest absolute Gasteiger partial charge is 0.329 e. The standard InChI is InChI=1S/C35H42N4O6/c1-20-10-9-12-27(36-20)28-18-30(24-13-14-29(44-4)21(2)31(24)37-28)45-23-16-25-26(17-23)33(41)39(3)15-8-6-5-7-11-22-19-35(22,34(42)43)38-32(25)40/h9-10,12-14,18,22-23,25-26H,5-8,11,15-17,19H2,1-4H3,(H,38,40)(H,42,43)/t22-,23-,25-,26-,35-/m1/s1. The van der Waals surface area contributed by atoms with Crippen LogP contribution >= 0.6 is 0 Å². The monoisotopic (exact) mass is 614 g/mol. The van der Waals surface area contributed by atoms with Crippen molar-refractivity contribution in [3.63, 3.8) is 0 Å². The highest BCUT2D eigenvalue weighted by atomic mass is 16.5. The Kier molecular flexibility index (Phi) is 8.41. The number of carbonyl (C=O) groups is 3. The number of nitrogens with zero attached hydrogens (tertiary/aromatic N) is 3. The van der Waals surface area contributed by atoms with Crippen molar-refractivity contribution in [1.82, 2.24) is 20.2 Å². The number of nitrogens with one attached hydrogen (secondary N) is 1. The van der Waals surface area contributed by atoms with Gasteiger partial charge in [-0.05, 0) is 76.1 Å². The van der Waals surface area contributed by atoms with Crippen LogP contribution < -0.4 is 14.8 Å². The van der Waals surface area contributed by atoms with E-state index in [0.29, 0.717) is 48.7 Å². The van der Waals surface area contributed by atoms with Crippen molar-refractivity contribution in [3.05, 3.63) is 47.7 Å². The number of aliphatic carboxylic acids is 1. The fraction of sp³-hybridized carbons (Fsp3) is 0.514. The van der Waals surface area contributed by atoms with Crippen LogP contribution in [0.5, 0.6) is 11.5 Å². The third-order valence-electron chi connectivity index (χ3n) is 9.99. The number of carbonyl (C=O) groups excluding carboxylic acids is 2. The summed E-state index contributed by atoms with van der Waals surface area (Å²) in [6, 6.07) is 11.4. The third kappa shape index (κ3) is 5.94. The van der Waals surface area contributed by atoms with Gasteiger partial charge in [0, 0.05) is 36.3 Å². The minimum atomic E-state index is -1.24. The zero-order chi connectivity index (χ0) is 31.9. The third-order valence-corrected chi connectivity index (χ3v) is 9.99. The van der Waals surface area contributed by atoms with Crippen molar-refractivity contribution < 1.29 is 29.0 Å². The highest BCUT2D eigenvalue weighted by molar-refractivity contribution is 5.94. The molecule has 3 aromatic rings. The fourth-order valence-corrected chi connectivity index (χ4v) is 7.29. The summed E-state index contributed by atoms with van der Waals surface area (Å²) in [5.41, 5.74) is 2.56. The summed E-state index contributed by atoms with van der Waals surface area (Å²) in [6.45, 7) is 4.50. The molecule has 6 rings (SSSR count). The number of carboxylic acid groups (broad SMARTS) is 1. The Morgan fingerprint density at radius 1 is 1.00 bits per heavy atom. The van der Waals surface area contributed by atoms with Crippen LogP contribution in [0.15, 0.2) is 36.4 Å². The number of hydrogen-bond acceptors (Lipinski definition) is 7. The average Bonchev–Trinajstić information content (AvgIpc) is 3.56. The number of rotatable bonds is 5. The molecule has 1 aliphatic heterocycles. The van der Waals surface area contributed by atoms with Crippen LogP contribution in [0, 0.1) is 31.6 Å². The number of benzene rings is 1. The Morgan fingerprint density at radius 3 is 2.53 bits per heavy atom. The molecule has 2 amide bonds. The lowest BCUT2D eigenvalue weighted by Crippen LogP contribution is -2.49. The van der Waals surface area contributed by atoms with Crippen molar-refractivity contribution >= 4 is 28.7 Å². The summed E-state index contributed by atoms with van der Waals surface area (Å²) in [7, 11) is 3.42. The molecule has 2 aliphatic carbocycles. The Labute approximate surface area is 263 Å². The average molecular weight is 615 g/mol. The first kappa shape index (κ1) is 30.8. The van der Waals surface area contributed by atoms with Crippen LogP contribution in [0.3, 0.4) is 0 Å². The largest absolute Gasteiger partial charge is 0.496 e. The van der Waals surface area contributed by atoms with Gasteiger partial charge in [0.25, 0.3) is 0 Å². The van der Waals surface area contributed by atoms with Gasteiger partial charge in [0.2, 0.25) is 11.8 Å². The van der Waals surface area contributed by atoms with Crippen LogP contribution in [-0.4, -0.2) is 70.1 Å². The van der Waals surface area contributed by atoms with Crippen LogP contribution in [0.2, 0.25) is 0 Å². The molecule has 10 nitrogen and oxygen atoms in total. The molecule has 5 atom stereocenters. The zero-order valence-corrected chi connectivity index (χ0v) is 26.5. The normalized spacial score (nSPS) is 27.2. The SMILES string of the molecule is COc1ccc2c(O[C@@H]3C[C@H]4C(=O)N[C@]5(C(=O)O)C[C@H]5CCCCCCN(C)C(=O)[C@@H]4C3)cc(-c3cccc(C)n3)nc2c1C. The van der Waals surface area contributed by atoms with Crippen LogP contribution in [0.1, 0.15) is 62.6 Å². The molecule has 0 spiro atoms. The van der Waals surface area contributed by atoms with Crippen molar-refractivity contribution in [2.24, 2.45) is 17.8 Å². The molecule has 10 heteroatoms. The lowest BCUT2D eigenvalue weighted by atomic mass is 9.92. The van der Waals surface area contributed by atoms with Gasteiger partial charge >= 0.3 is 5.97 Å². The van der Waals surface area contributed by atoms with Gasteiger partial charge < -0.3 is 24.8 Å². The van der Waals surface area contributed by atoms with Gasteiger partial charge in [-0.3, -0.25) is 14.6 Å². The number of methoxy groups -OCH3 is 1. The maximum absolute atomic E-state index is 13.8. The summed E-state index contributed by atoms with van der Waals surface area (Å²) in [6.07, 6.45) is 5.17. The Balaban J connectivity index is 1.35. The first-order valence-corrected chi connectivity index (χ1v) is 16.0. The summed E-state index contributed by atoms with van der Waals surface area (Å²) in [5.74, 6) is -1.56. The summed E-state index contributed by atoms with van der Waals surface area (Å²) in [5, 5.41) is 13.8. The minimum absolute atomic E-state index is 0.0794. The number of aryl methyl sites for hydroxylation is 2. The fourth-order valence-electron chi connectivity index (χ4n) is 7.29. The highest BCUT2D eigenvalue weighted by Crippen LogP contribution is 2.48. The van der Waals surface area contributed by atoms with E-state index < -0.39 is 29.4 Å². The Hall–Kier alpha value is -4.21. The number of hydrogen-bond donors (Lipinski definition) is 2. The molecule has 3 aliphatic rings. The molecule has 2 N–H and O–H groups in total. The molecule has 3 heterocycles. The van der Waals surface area contributed by atoms with Gasteiger partial charge in [-0.15, -0.1) is 0 Å². The summed E-state index contributed by atoms with van der Waals surface area (Å²) < 4.78 is 12.3. The number of fused-ring (bicyclic) bond motifs is 3. The molecule has 3 fully saturated rings. The van der Waals surface area contributed by atoms with Crippen LogP contribution in [-0.2, 0) is 14.4 Å². The van der Waals surface area contributed by atoms with Crippen LogP contribution in [0.4, 0.5) is 0 Å². The second-order valence-electron chi connectivity index (χ2n) is 13.0. The lowest BCUT2D eigenvalue weighted by molar-refractivity contribution is -0.145. The van der Waals surface area contributed by atoms with Gasteiger partial charge in [0.05, 0.1) is 35.9 Å². The predicted octanol–water partition coefficient (Wildman–Crippen LogP) is 5.08. The van der Waals surface area contributed by atoms with E-state index in [2.05, 4.69) is 10.3 Å². The molecule has 0 radical (unpaired) electrons. The molecular formula is C35H42N4O6. The van der Waals surface area contributed by atoms with E-state index in [1.54, 1.807) is 19.1 Å². The molecule has 45 heavy (non-hydrogen) atoms. The maximum Gasteiger partial charge on any atom is 0.329 e. The molecule has 2 saturated carbocycles. The summed E-state index contributed by atoms with van der Waals surface area (Å²) in [4.78, 5) is 51.3. The van der Waals surface area contributed by atoms with Crippen molar-refractivity contribution in [2.75, 3.05) is 20.7 Å². The number of carboxylic acids is 1. The molecule has 1 aromatic carbocycles. The van der Waals surface area contributed by atoms with E-state index in [9.17, 15) is 19.5 Å². The van der Waals surface area contributed by atoms with Crippen LogP contribution in [0.25, 0.3) is 22.3 Å². The number of ether oxygens (including phenoxy) is 2. The molecule has 1 saturated heterocycles. The number of aromatic nitrogens is 2. The summed E-state index contributed by atoms with van der Waals surface area (Å²) >= 11 is 0. The lowest BCUT2D eigenvalue weighted by Gasteiger charge is -2.26. The Morgan fingerprint density at radius 2 is 1.78 bits per heavy atom. The van der Waals surface area contributed by atoms with E-state index in [4.69, 9.17) is 14.5 Å². The second-order valence-corrected chi connectivity index (χ2v) is 13.0. The topological polar surface area (TPSA) is 131 Å². The van der Waals surface area contributed by atoms with Gasteiger partial charge in [0.15, 0.2) is 0 Å². The Bertz CT molecular complexity index is 1640. The van der Waals surface area contributed by atoms with Crippen molar-refractivity contribution in [3.8, 4) is 22.9 Å². The highest BCUT2D eigenvalue weighted by Gasteiger charge is 2.62. The van der Waals surface area contributed by atoms with Crippen molar-refractivity contribution in [2.45, 2.75) is 76.9 Å². The number of amides is 2. The quantitative estimate of drug-likeness (QED) is 0.407. The van der Waals surface area contributed by atoms with Gasteiger partial charge in [-0.2, -0.15) is 0 Å². The predicted molar refractivity (Wildman–Crippen MR) is 169 cm³/mol. The van der Waals surface area contributed by atoms with Gasteiger partial charge in [-0.1, -0.05) is 25.3 Å². The maximum atomic E-state index is 13.8. The van der Waals surface area contributed by atoms with E-state index in [1.165, 1.54) is 0 Å². The van der Waals surface area contributed by atoms with E-state index in [0.717, 1.165) is 54.3 Å². The van der Waals surface area contributed by atoms with E-state index in [1.807, 2.05) is 50.2 Å². The second kappa shape index (κ2) is 12.3. The van der Waals surface area contributed by atoms with E-state index >= 15 is 0 Å². The zero-order valence-electron chi connectivity index (χ0n) is 26.5. The molecule has 238 valence electrons. The van der Waals surface area contributed by atoms with Crippen molar-refractivity contribution in [1.29, 1.82) is 0 Å². The molecular weight excluding hydrogens is 572 g/mol. The van der Waals surface area contributed by atoms with E-state index in [-0.39, 0.29) is 17.7 Å². The molecule has 0 bridgehead atoms. The minimum Gasteiger partial charge on any atom is -0.496 e. The van der Waals surface area contributed by atoms with Gasteiger partial charge in [0.1, 0.15) is 23.1 Å². The molecule has 0 unspecified atom stereocenters. The first-order valence-electron chi connectivity index (χ1n) is 16.0.